The predicted octanol–water partition coefficient (Wildman–Crippen LogP) is 6.77. The smallest absolute Gasteiger partial charge is 0.340 e. The number of hydrogen-bond acceptors (Lipinski definition) is 8. The Morgan fingerprint density at radius 2 is 1.82 bits per heavy atom. The molecule has 0 N–H and O–H groups in total. The van der Waals surface area contributed by atoms with Gasteiger partial charge in [0, 0.05) is 23.6 Å². The molecule has 44 heavy (non-hydrogen) atoms. The first-order chi connectivity index (χ1) is 21.3. The summed E-state index contributed by atoms with van der Waals surface area (Å²) in [5.74, 6) is -1.49. The minimum atomic E-state index is -0.649. The van der Waals surface area contributed by atoms with Gasteiger partial charge in [0.1, 0.15) is 0 Å². The first kappa shape index (κ1) is 31.5. The van der Waals surface area contributed by atoms with Crippen molar-refractivity contribution < 1.29 is 28.6 Å². The first-order valence-electron chi connectivity index (χ1n) is 14.2. The van der Waals surface area contributed by atoms with Crippen molar-refractivity contribution in [3.63, 3.8) is 0 Å². The molecule has 0 saturated carbocycles. The normalized spacial score (nSPS) is 17.0. The van der Waals surface area contributed by atoms with Crippen molar-refractivity contribution in [3.05, 3.63) is 131 Å². The molecule has 0 aromatic heterocycles. The molecular weight excluding hydrogens is 558 g/mol. The van der Waals surface area contributed by atoms with Gasteiger partial charge in [-0.3, -0.25) is 9.69 Å². The molecule has 0 unspecified atom stereocenters. The summed E-state index contributed by atoms with van der Waals surface area (Å²) in [4.78, 5) is 45.9. The molecule has 4 rings (SSSR count). The number of rotatable bonds is 10. The van der Waals surface area contributed by atoms with Gasteiger partial charge in [-0.05, 0) is 80.8 Å². The number of nitrogens with zero attached hydrogens (tertiary/aromatic N) is 3. The average Bonchev–Trinajstić information content (AvgIpc) is 3.35. The Morgan fingerprint density at radius 1 is 1.07 bits per heavy atom. The second-order valence-electron chi connectivity index (χ2n) is 9.65. The van der Waals surface area contributed by atoms with Crippen LogP contribution in [0.4, 0.5) is 11.4 Å². The molecule has 1 saturated heterocycles. The third-order valence-electron chi connectivity index (χ3n) is 6.98. The molecule has 2 aromatic rings. The number of para-hydroxylation sites is 1. The van der Waals surface area contributed by atoms with Gasteiger partial charge >= 0.3 is 18.0 Å². The van der Waals surface area contributed by atoms with Crippen LogP contribution in [-0.4, -0.2) is 49.5 Å². The van der Waals surface area contributed by atoms with E-state index in [1.54, 1.807) is 19.1 Å². The molecule has 9 heteroatoms. The number of carbonyl (C=O) groups excluding carboxylic acids is 3. The van der Waals surface area contributed by atoms with Gasteiger partial charge in [0.2, 0.25) is 0 Å². The summed E-state index contributed by atoms with van der Waals surface area (Å²) in [5.41, 5.74) is 4.45. The lowest BCUT2D eigenvalue weighted by atomic mass is 10.00. The highest BCUT2D eigenvalue weighted by Gasteiger charge is 2.34. The number of benzene rings is 2. The molecule has 0 spiro atoms. The summed E-state index contributed by atoms with van der Waals surface area (Å²) < 4.78 is 15.6. The maximum Gasteiger partial charge on any atom is 0.340 e. The van der Waals surface area contributed by atoms with Crippen LogP contribution in [0.3, 0.4) is 0 Å². The van der Waals surface area contributed by atoms with Gasteiger partial charge in [0.25, 0.3) is 5.91 Å². The number of methoxy groups -OCH3 is 2. The Kier molecular flexibility index (Phi) is 10.5. The molecule has 1 amide bonds. The van der Waals surface area contributed by atoms with E-state index in [2.05, 4.69) is 28.6 Å². The highest BCUT2D eigenvalue weighted by atomic mass is 16.5. The molecule has 2 aliphatic rings. The fourth-order valence-electron chi connectivity index (χ4n) is 4.77. The van der Waals surface area contributed by atoms with Gasteiger partial charge in [-0.25, -0.2) is 9.59 Å². The van der Waals surface area contributed by atoms with E-state index in [0.29, 0.717) is 6.42 Å². The van der Waals surface area contributed by atoms with E-state index < -0.39 is 11.9 Å². The summed E-state index contributed by atoms with van der Waals surface area (Å²) in [6, 6.07) is 14.4. The summed E-state index contributed by atoms with van der Waals surface area (Å²) in [7, 11) is 2.50. The van der Waals surface area contributed by atoms with Crippen molar-refractivity contribution in [2.75, 3.05) is 25.7 Å². The Balaban J connectivity index is 1.67. The van der Waals surface area contributed by atoms with Crippen molar-refractivity contribution in [3.8, 4) is 0 Å². The van der Waals surface area contributed by atoms with E-state index in [1.165, 1.54) is 37.3 Å². The zero-order valence-corrected chi connectivity index (χ0v) is 25.3. The van der Waals surface area contributed by atoms with Crippen LogP contribution in [0.2, 0.25) is 0 Å². The molecule has 1 aliphatic carbocycles. The molecule has 9 nitrogen and oxygen atoms in total. The number of anilines is 1. The second kappa shape index (κ2) is 14.6. The predicted molar refractivity (Wildman–Crippen MR) is 170 cm³/mol. The number of aliphatic imine (C=N–C) groups is 1. The highest BCUT2D eigenvalue weighted by Crippen LogP contribution is 2.32. The average molecular weight is 594 g/mol. The SMILES string of the molecule is C=C/C=C\C(=C/C)N(C1=CC=C(/C=C2/O/C(=N/c3cc(C(=O)OC)ccc3C(=O)OC)N(CC)C2=O)CC1)c1ccccc1. The van der Waals surface area contributed by atoms with Crippen molar-refractivity contribution >= 4 is 35.2 Å². The van der Waals surface area contributed by atoms with Crippen LogP contribution in [0.25, 0.3) is 0 Å². The number of carbonyl (C=O) groups is 3. The van der Waals surface area contributed by atoms with E-state index in [1.807, 2.05) is 55.5 Å². The zero-order valence-electron chi connectivity index (χ0n) is 25.3. The monoisotopic (exact) mass is 593 g/mol. The number of hydrogen-bond donors (Lipinski definition) is 0. The summed E-state index contributed by atoms with van der Waals surface area (Å²) in [6.45, 7) is 7.86. The van der Waals surface area contributed by atoms with E-state index >= 15 is 0 Å². The molecule has 0 atom stereocenters. The van der Waals surface area contributed by atoms with E-state index in [9.17, 15) is 14.4 Å². The number of esters is 2. The molecule has 226 valence electrons. The van der Waals surface area contributed by atoms with Crippen molar-refractivity contribution in [2.24, 2.45) is 4.99 Å². The molecule has 1 fully saturated rings. The van der Waals surface area contributed by atoms with E-state index in [0.717, 1.165) is 29.1 Å². The van der Waals surface area contributed by atoms with Crippen LogP contribution in [0.5, 0.6) is 0 Å². The van der Waals surface area contributed by atoms with Crippen LogP contribution in [-0.2, 0) is 19.0 Å². The van der Waals surface area contributed by atoms with Crippen LogP contribution in [0.1, 0.15) is 47.4 Å². The molecule has 0 bridgehead atoms. The largest absolute Gasteiger partial charge is 0.465 e. The third-order valence-corrected chi connectivity index (χ3v) is 6.98. The van der Waals surface area contributed by atoms with Gasteiger partial charge in [-0.1, -0.05) is 49.1 Å². The minimum absolute atomic E-state index is 0.00876. The topological polar surface area (TPSA) is 97.7 Å². The van der Waals surface area contributed by atoms with Crippen LogP contribution < -0.4 is 4.90 Å². The van der Waals surface area contributed by atoms with Crippen LogP contribution >= 0.6 is 0 Å². The van der Waals surface area contributed by atoms with Crippen LogP contribution in [0.15, 0.2) is 125 Å². The van der Waals surface area contributed by atoms with Gasteiger partial charge in [-0.15, -0.1) is 0 Å². The van der Waals surface area contributed by atoms with Gasteiger partial charge in [0.15, 0.2) is 5.76 Å². The lowest BCUT2D eigenvalue weighted by Crippen LogP contribution is -2.29. The Hall–Kier alpha value is -5.44. The summed E-state index contributed by atoms with van der Waals surface area (Å²) >= 11 is 0. The maximum absolute atomic E-state index is 13.3. The Labute approximate surface area is 257 Å². The summed E-state index contributed by atoms with van der Waals surface area (Å²) in [5, 5.41) is 0. The zero-order chi connectivity index (χ0) is 31.6. The Bertz CT molecular complexity index is 1630. The van der Waals surface area contributed by atoms with Gasteiger partial charge in [-0.2, -0.15) is 4.99 Å². The second-order valence-corrected chi connectivity index (χ2v) is 9.65. The fraction of sp³-hybridized carbons (Fsp3) is 0.200. The minimum Gasteiger partial charge on any atom is -0.465 e. The van der Waals surface area contributed by atoms with Gasteiger partial charge in [0.05, 0.1) is 31.0 Å². The maximum atomic E-state index is 13.3. The Morgan fingerprint density at radius 3 is 2.43 bits per heavy atom. The quantitative estimate of drug-likeness (QED) is 0.170. The van der Waals surface area contributed by atoms with Crippen molar-refractivity contribution in [2.45, 2.75) is 26.7 Å². The molecule has 2 aromatic carbocycles. The number of amides is 1. The number of likely N-dealkylation sites (N-methyl/N-ethyl adjacent to an activating group) is 1. The van der Waals surface area contributed by atoms with Crippen LogP contribution in [0, 0.1) is 0 Å². The van der Waals surface area contributed by atoms with E-state index in [4.69, 9.17) is 14.2 Å². The fourth-order valence-corrected chi connectivity index (χ4v) is 4.77. The standard InChI is InChI=1S/C35H35N3O6/c1-6-9-13-26(7-2)38(27-14-11-10-12-15-27)28-19-16-24(17-20-28)22-31-32(39)37(8-3)35(44-31)36-30-23-25(33(40)42-4)18-21-29(30)34(41)43-5/h6-7,9-16,18-19,21-23H,1,8,17,20H2,2-5H3/b13-9-,26-7+,31-22+,36-35+. The molecule has 1 aliphatic heterocycles. The number of amidine groups is 1. The third kappa shape index (κ3) is 6.95. The van der Waals surface area contributed by atoms with Gasteiger partial charge < -0.3 is 19.1 Å². The van der Waals surface area contributed by atoms with E-state index in [-0.39, 0.29) is 41.0 Å². The first-order valence-corrected chi connectivity index (χ1v) is 14.2. The molecule has 0 radical (unpaired) electrons. The lowest BCUT2D eigenvalue weighted by molar-refractivity contribution is -0.122. The van der Waals surface area contributed by atoms with Crippen molar-refractivity contribution in [1.29, 1.82) is 0 Å². The molecule has 1 heterocycles. The summed E-state index contributed by atoms with van der Waals surface area (Å²) in [6.07, 6.45) is 14.8. The number of allylic oxidation sites excluding steroid dienone is 9. The van der Waals surface area contributed by atoms with Crippen molar-refractivity contribution in [1.82, 2.24) is 4.90 Å². The molecular formula is C35H35N3O6. The lowest BCUT2D eigenvalue weighted by Gasteiger charge is -2.30. The highest BCUT2D eigenvalue weighted by molar-refractivity contribution is 6.10. The number of ether oxygens (including phenoxy) is 3.